The maximum Gasteiger partial charge on any atom is 0.224 e. The van der Waals surface area contributed by atoms with Crippen molar-refractivity contribution in [1.82, 2.24) is 19.9 Å². The molecule has 0 aliphatic heterocycles. The fourth-order valence-electron chi connectivity index (χ4n) is 2.31. The zero-order valence-corrected chi connectivity index (χ0v) is 14.9. The van der Waals surface area contributed by atoms with E-state index in [1.54, 1.807) is 31.2 Å². The molecule has 0 atom stereocenters. The number of rotatable bonds is 4. The van der Waals surface area contributed by atoms with Gasteiger partial charge in [-0.05, 0) is 30.7 Å². The highest BCUT2D eigenvalue weighted by Crippen LogP contribution is 2.27. The number of hydrogen-bond donors (Lipinski definition) is 1. The van der Waals surface area contributed by atoms with Crippen LogP contribution >= 0.6 is 23.8 Å². The number of benzene rings is 1. The second-order valence-corrected chi connectivity index (χ2v) is 5.72. The summed E-state index contributed by atoms with van der Waals surface area (Å²) in [4.78, 5) is 15.9. The number of nitriles is 1. The molecule has 3 rings (SSSR count). The first-order valence-electron chi connectivity index (χ1n) is 7.31. The molecular weight excluding hydrogens is 375 g/mol. The molecule has 0 saturated heterocycles. The fourth-order valence-corrected chi connectivity index (χ4v) is 2.62. The molecule has 0 bridgehead atoms. The third-order valence-electron chi connectivity index (χ3n) is 3.39. The Kier molecular flexibility index (Phi) is 5.11. The van der Waals surface area contributed by atoms with E-state index < -0.39 is 5.82 Å². The molecule has 2 aromatic heterocycles. The number of hydrogen-bond acceptors (Lipinski definition) is 7. The first-order valence-corrected chi connectivity index (χ1v) is 8.16. The normalized spacial score (nSPS) is 10.2. The van der Waals surface area contributed by atoms with Gasteiger partial charge in [-0.3, -0.25) is 0 Å². The zero-order valence-electron chi connectivity index (χ0n) is 13.4. The van der Waals surface area contributed by atoms with Gasteiger partial charge in [0.25, 0.3) is 0 Å². The van der Waals surface area contributed by atoms with Gasteiger partial charge in [0, 0.05) is 16.6 Å². The number of nitrogens with one attached hydrogen (secondary N) is 1. The highest BCUT2D eigenvalue weighted by atomic mass is 35.5. The van der Waals surface area contributed by atoms with E-state index in [1.165, 1.54) is 5.37 Å². The quantitative estimate of drug-likeness (QED) is 0.537. The molecule has 1 aromatic carbocycles. The van der Waals surface area contributed by atoms with E-state index in [1.807, 2.05) is 0 Å². The number of thiocarbonyl (C=S) groups is 1. The van der Waals surface area contributed by atoms with Crippen LogP contribution < -0.4 is 5.32 Å². The van der Waals surface area contributed by atoms with Crippen molar-refractivity contribution in [3.63, 3.8) is 0 Å². The molecule has 0 aliphatic rings. The first-order chi connectivity index (χ1) is 12.5. The first kappa shape index (κ1) is 17.8. The van der Waals surface area contributed by atoms with Crippen LogP contribution in [0, 0.1) is 24.1 Å². The van der Waals surface area contributed by atoms with Crippen molar-refractivity contribution >= 4 is 40.7 Å². The Hall–Kier alpha value is -3.02. The molecule has 1 N–H and O–H groups in total. The van der Waals surface area contributed by atoms with E-state index in [4.69, 9.17) is 23.8 Å². The van der Waals surface area contributed by atoms with Gasteiger partial charge < -0.3 is 5.32 Å². The van der Waals surface area contributed by atoms with Gasteiger partial charge in [-0.2, -0.15) is 10.2 Å². The van der Waals surface area contributed by atoms with Gasteiger partial charge in [-0.1, -0.05) is 24.4 Å². The lowest BCUT2D eigenvalue weighted by Crippen LogP contribution is -2.03. The van der Waals surface area contributed by atoms with Crippen LogP contribution in [0.3, 0.4) is 0 Å². The van der Waals surface area contributed by atoms with Crippen molar-refractivity contribution in [2.24, 2.45) is 0 Å². The predicted octanol–water partition coefficient (Wildman–Crippen LogP) is 4.00. The molecule has 0 fully saturated rings. The lowest BCUT2D eigenvalue weighted by atomic mass is 10.0. The SMILES string of the molecule is Cc1nc(C=S)c(C#N)c(-c2cccc(Nc3nc(Cl)ncc3F)c2)n1. The minimum absolute atomic E-state index is 0.0545. The van der Waals surface area contributed by atoms with Crippen molar-refractivity contribution in [2.75, 3.05) is 5.32 Å². The molecule has 128 valence electrons. The highest BCUT2D eigenvalue weighted by molar-refractivity contribution is 7.79. The molecule has 0 saturated carbocycles. The van der Waals surface area contributed by atoms with Crippen molar-refractivity contribution in [3.8, 4) is 17.3 Å². The summed E-state index contributed by atoms with van der Waals surface area (Å²) in [7, 11) is 0. The molecular formula is C17H10ClFN6S. The van der Waals surface area contributed by atoms with E-state index in [0.29, 0.717) is 28.5 Å². The maximum atomic E-state index is 13.8. The summed E-state index contributed by atoms with van der Waals surface area (Å²) in [6.45, 7) is 1.72. The number of aromatic nitrogens is 4. The molecule has 0 aliphatic carbocycles. The third kappa shape index (κ3) is 3.64. The zero-order chi connectivity index (χ0) is 18.7. The van der Waals surface area contributed by atoms with E-state index >= 15 is 0 Å². The predicted molar refractivity (Wildman–Crippen MR) is 100.0 cm³/mol. The summed E-state index contributed by atoms with van der Waals surface area (Å²) < 4.78 is 13.8. The Labute approximate surface area is 158 Å². The second kappa shape index (κ2) is 7.47. The Bertz CT molecular complexity index is 1050. The van der Waals surface area contributed by atoms with Crippen LogP contribution in [0.2, 0.25) is 5.28 Å². The Balaban J connectivity index is 2.06. The van der Waals surface area contributed by atoms with Crippen molar-refractivity contribution in [1.29, 1.82) is 5.26 Å². The largest absolute Gasteiger partial charge is 0.338 e. The number of nitrogens with zero attached hydrogens (tertiary/aromatic N) is 5. The minimum Gasteiger partial charge on any atom is -0.338 e. The highest BCUT2D eigenvalue weighted by Gasteiger charge is 2.14. The van der Waals surface area contributed by atoms with Gasteiger partial charge in [-0.15, -0.1) is 0 Å². The van der Waals surface area contributed by atoms with Crippen LogP contribution in [0.1, 0.15) is 17.1 Å². The summed E-state index contributed by atoms with van der Waals surface area (Å²) >= 11 is 10.6. The van der Waals surface area contributed by atoms with Gasteiger partial charge in [0.05, 0.1) is 17.6 Å². The van der Waals surface area contributed by atoms with Crippen molar-refractivity contribution in [3.05, 3.63) is 58.6 Å². The molecule has 9 heteroatoms. The maximum absolute atomic E-state index is 13.8. The molecule has 0 unspecified atom stereocenters. The van der Waals surface area contributed by atoms with Gasteiger partial charge in [-0.25, -0.2) is 19.3 Å². The summed E-state index contributed by atoms with van der Waals surface area (Å²) in [5.74, 6) is -0.207. The van der Waals surface area contributed by atoms with Gasteiger partial charge in [0.1, 0.15) is 17.5 Å². The van der Waals surface area contributed by atoms with Crippen LogP contribution in [0.25, 0.3) is 11.3 Å². The Morgan fingerprint density at radius 3 is 2.85 bits per heavy atom. The molecule has 3 aromatic rings. The van der Waals surface area contributed by atoms with E-state index in [9.17, 15) is 9.65 Å². The average Bonchev–Trinajstić information content (AvgIpc) is 2.64. The number of aryl methyl sites for hydroxylation is 1. The molecule has 6 nitrogen and oxygen atoms in total. The van der Waals surface area contributed by atoms with Gasteiger partial charge in [0.2, 0.25) is 5.28 Å². The van der Waals surface area contributed by atoms with Gasteiger partial charge in [0.15, 0.2) is 11.6 Å². The molecule has 0 radical (unpaired) electrons. The summed E-state index contributed by atoms with van der Waals surface area (Å²) in [6, 6.07) is 9.05. The lowest BCUT2D eigenvalue weighted by molar-refractivity contribution is 0.619. The van der Waals surface area contributed by atoms with Crippen LogP contribution in [0.15, 0.2) is 30.5 Å². The Morgan fingerprint density at radius 2 is 2.12 bits per heavy atom. The molecule has 0 amide bonds. The monoisotopic (exact) mass is 384 g/mol. The summed E-state index contributed by atoms with van der Waals surface area (Å²) in [6.07, 6.45) is 0.981. The number of halogens is 2. The standard InChI is InChI=1S/C17H10ClFN6S/c1-9-22-14(8-26)12(6-20)15(23-9)10-3-2-4-11(5-10)24-16-13(19)7-21-17(18)25-16/h2-5,7-8H,1H3,(H,21,24,25). The van der Waals surface area contributed by atoms with Crippen LogP contribution in [-0.2, 0) is 0 Å². The second-order valence-electron chi connectivity index (χ2n) is 5.15. The van der Waals surface area contributed by atoms with Crippen molar-refractivity contribution in [2.45, 2.75) is 6.92 Å². The van der Waals surface area contributed by atoms with Gasteiger partial charge >= 0.3 is 0 Å². The number of anilines is 2. The molecule has 0 spiro atoms. The van der Waals surface area contributed by atoms with Crippen LogP contribution in [0.5, 0.6) is 0 Å². The topological polar surface area (TPSA) is 87.4 Å². The molecule has 26 heavy (non-hydrogen) atoms. The van der Waals surface area contributed by atoms with E-state index in [-0.39, 0.29) is 16.7 Å². The minimum atomic E-state index is -0.640. The smallest absolute Gasteiger partial charge is 0.224 e. The van der Waals surface area contributed by atoms with E-state index in [0.717, 1.165) is 6.20 Å². The fraction of sp³-hybridized carbons (Fsp3) is 0.0588. The Morgan fingerprint density at radius 1 is 1.31 bits per heavy atom. The van der Waals surface area contributed by atoms with Crippen LogP contribution in [-0.4, -0.2) is 25.3 Å². The lowest BCUT2D eigenvalue weighted by Gasteiger charge is -2.10. The summed E-state index contributed by atoms with van der Waals surface area (Å²) in [5, 5.41) is 13.6. The third-order valence-corrected chi connectivity index (χ3v) is 3.79. The van der Waals surface area contributed by atoms with E-state index in [2.05, 4.69) is 31.3 Å². The van der Waals surface area contributed by atoms with Crippen molar-refractivity contribution < 1.29 is 4.39 Å². The van der Waals surface area contributed by atoms with Crippen LogP contribution in [0.4, 0.5) is 15.9 Å². The molecule has 2 heterocycles. The average molecular weight is 385 g/mol. The summed E-state index contributed by atoms with van der Waals surface area (Å²) in [5.41, 5.74) is 2.30.